The third-order valence-corrected chi connectivity index (χ3v) is 3.54. The lowest BCUT2D eigenvalue weighted by Gasteiger charge is -2.33. The van der Waals surface area contributed by atoms with Gasteiger partial charge in [-0.15, -0.1) is 24.8 Å². The first-order chi connectivity index (χ1) is 8.71. The second kappa shape index (κ2) is 9.16. The Morgan fingerprint density at radius 2 is 2.25 bits per heavy atom. The molecule has 4 nitrogen and oxygen atoms in total. The van der Waals surface area contributed by atoms with E-state index in [2.05, 4.69) is 15.6 Å². The molecule has 1 fully saturated rings. The van der Waals surface area contributed by atoms with Crippen LogP contribution in [0.1, 0.15) is 31.7 Å². The molecule has 0 aromatic carbocycles. The fraction of sp³-hybridized carbons (Fsp3) is 0.571. The first-order valence-electron chi connectivity index (χ1n) is 6.63. The van der Waals surface area contributed by atoms with Gasteiger partial charge in [-0.3, -0.25) is 9.78 Å². The molecule has 0 aliphatic carbocycles. The lowest BCUT2D eigenvalue weighted by Crippen LogP contribution is -2.57. The van der Waals surface area contributed by atoms with E-state index in [1.54, 1.807) is 6.20 Å². The van der Waals surface area contributed by atoms with Crippen LogP contribution in [0.5, 0.6) is 0 Å². The molecule has 1 aromatic rings. The van der Waals surface area contributed by atoms with Crippen LogP contribution in [0.25, 0.3) is 0 Å². The molecule has 114 valence electrons. The highest BCUT2D eigenvalue weighted by molar-refractivity contribution is 5.86. The predicted octanol–water partition coefficient (Wildman–Crippen LogP) is 2.12. The van der Waals surface area contributed by atoms with Crippen LogP contribution in [0.4, 0.5) is 0 Å². The first-order valence-corrected chi connectivity index (χ1v) is 6.63. The van der Waals surface area contributed by atoms with Gasteiger partial charge in [0.05, 0.1) is 5.54 Å². The number of nitrogens with zero attached hydrogens (tertiary/aromatic N) is 1. The van der Waals surface area contributed by atoms with Crippen LogP contribution in [0.2, 0.25) is 0 Å². The van der Waals surface area contributed by atoms with Crippen molar-refractivity contribution in [1.29, 1.82) is 0 Å². The Labute approximate surface area is 132 Å². The summed E-state index contributed by atoms with van der Waals surface area (Å²) in [5.41, 5.74) is 0.771. The van der Waals surface area contributed by atoms with Gasteiger partial charge in [0.1, 0.15) is 0 Å². The molecule has 6 heteroatoms. The first kappa shape index (κ1) is 19.2. The highest BCUT2D eigenvalue weighted by Gasteiger charge is 2.33. The standard InChI is InChI=1S/C14H21N3O.2ClH/c1-14(7-2-3-9-17-14)13(18)16-10-6-12-5-4-8-15-11-12;;/h4-5,8,11,17H,2-3,6-7,9-10H2,1H3,(H,16,18);2*1H. The Morgan fingerprint density at radius 3 is 2.85 bits per heavy atom. The van der Waals surface area contributed by atoms with Gasteiger partial charge in [0.25, 0.3) is 0 Å². The van der Waals surface area contributed by atoms with Gasteiger partial charge < -0.3 is 10.6 Å². The summed E-state index contributed by atoms with van der Waals surface area (Å²) in [7, 11) is 0. The second-order valence-corrected chi connectivity index (χ2v) is 5.08. The van der Waals surface area contributed by atoms with E-state index in [4.69, 9.17) is 0 Å². The van der Waals surface area contributed by atoms with E-state index in [0.29, 0.717) is 6.54 Å². The molecule has 1 aromatic heterocycles. The van der Waals surface area contributed by atoms with Gasteiger partial charge in [-0.1, -0.05) is 6.07 Å². The van der Waals surface area contributed by atoms with E-state index in [9.17, 15) is 4.79 Å². The van der Waals surface area contributed by atoms with Crippen molar-refractivity contribution in [2.45, 2.75) is 38.1 Å². The van der Waals surface area contributed by atoms with Crippen molar-refractivity contribution in [2.24, 2.45) is 0 Å². The zero-order chi connectivity index (χ0) is 12.8. The zero-order valence-electron chi connectivity index (χ0n) is 11.7. The quantitative estimate of drug-likeness (QED) is 0.893. The minimum absolute atomic E-state index is 0. The molecule has 2 heterocycles. The van der Waals surface area contributed by atoms with E-state index in [-0.39, 0.29) is 36.3 Å². The monoisotopic (exact) mass is 319 g/mol. The van der Waals surface area contributed by atoms with Gasteiger partial charge in [-0.2, -0.15) is 0 Å². The maximum Gasteiger partial charge on any atom is 0.240 e. The van der Waals surface area contributed by atoms with Crippen LogP contribution >= 0.6 is 24.8 Å². The summed E-state index contributed by atoms with van der Waals surface area (Å²) in [6.45, 7) is 3.60. The lowest BCUT2D eigenvalue weighted by atomic mass is 9.90. The number of amides is 1. The van der Waals surface area contributed by atoms with Crippen LogP contribution in [-0.2, 0) is 11.2 Å². The number of pyridine rings is 1. The molecule has 1 amide bonds. The summed E-state index contributed by atoms with van der Waals surface area (Å²) in [6.07, 6.45) is 7.64. The number of hydrogen-bond acceptors (Lipinski definition) is 3. The van der Waals surface area contributed by atoms with Crippen LogP contribution < -0.4 is 10.6 Å². The molecule has 0 radical (unpaired) electrons. The average Bonchev–Trinajstić information content (AvgIpc) is 2.41. The highest BCUT2D eigenvalue weighted by atomic mass is 35.5. The average molecular weight is 320 g/mol. The Kier molecular flexibility index (Phi) is 8.78. The molecule has 1 saturated heterocycles. The molecule has 1 aliphatic heterocycles. The summed E-state index contributed by atoms with van der Waals surface area (Å²) in [6, 6.07) is 3.95. The third-order valence-electron chi connectivity index (χ3n) is 3.54. The van der Waals surface area contributed by atoms with Crippen molar-refractivity contribution in [1.82, 2.24) is 15.6 Å². The van der Waals surface area contributed by atoms with E-state index in [1.165, 1.54) is 6.42 Å². The van der Waals surface area contributed by atoms with Crippen LogP contribution in [0.3, 0.4) is 0 Å². The number of carbonyl (C=O) groups is 1. The van der Waals surface area contributed by atoms with E-state index in [0.717, 1.165) is 31.4 Å². The second-order valence-electron chi connectivity index (χ2n) is 5.08. The number of nitrogens with one attached hydrogen (secondary N) is 2. The van der Waals surface area contributed by atoms with Gasteiger partial charge in [-0.25, -0.2) is 0 Å². The lowest BCUT2D eigenvalue weighted by molar-refractivity contribution is -0.127. The summed E-state index contributed by atoms with van der Waals surface area (Å²) < 4.78 is 0. The number of carbonyl (C=O) groups excluding carboxylic acids is 1. The normalized spacial score (nSPS) is 21.2. The fourth-order valence-electron chi connectivity index (χ4n) is 2.31. The predicted molar refractivity (Wildman–Crippen MR) is 85.7 cm³/mol. The van der Waals surface area contributed by atoms with Gasteiger partial charge >= 0.3 is 0 Å². The SMILES string of the molecule is CC1(C(=O)NCCc2cccnc2)CCCCN1.Cl.Cl. The molecule has 1 atom stereocenters. The number of aromatic nitrogens is 1. The zero-order valence-corrected chi connectivity index (χ0v) is 13.4. The number of halogens is 2. The molecule has 1 unspecified atom stereocenters. The summed E-state index contributed by atoms with van der Waals surface area (Å²) >= 11 is 0. The molecular weight excluding hydrogens is 297 g/mol. The minimum Gasteiger partial charge on any atom is -0.354 e. The van der Waals surface area contributed by atoms with Crippen molar-refractivity contribution < 1.29 is 4.79 Å². The molecule has 0 saturated carbocycles. The topological polar surface area (TPSA) is 54.0 Å². The third kappa shape index (κ3) is 5.27. The smallest absolute Gasteiger partial charge is 0.240 e. The van der Waals surface area contributed by atoms with Crippen LogP contribution in [0.15, 0.2) is 24.5 Å². The number of hydrogen-bond donors (Lipinski definition) is 2. The molecule has 2 rings (SSSR count). The Balaban J connectivity index is 0.00000180. The molecular formula is C14H23Cl2N3O. The largest absolute Gasteiger partial charge is 0.354 e. The molecule has 1 aliphatic rings. The van der Waals surface area contributed by atoms with Crippen molar-refractivity contribution in [3.63, 3.8) is 0 Å². The van der Waals surface area contributed by atoms with E-state index >= 15 is 0 Å². The van der Waals surface area contributed by atoms with Crippen molar-refractivity contribution in [3.8, 4) is 0 Å². The van der Waals surface area contributed by atoms with E-state index < -0.39 is 0 Å². The van der Waals surface area contributed by atoms with Gasteiger partial charge in [0.2, 0.25) is 5.91 Å². The van der Waals surface area contributed by atoms with Crippen molar-refractivity contribution in [3.05, 3.63) is 30.1 Å². The summed E-state index contributed by atoms with van der Waals surface area (Å²) in [5, 5.41) is 6.33. The minimum atomic E-state index is -0.382. The van der Waals surface area contributed by atoms with E-state index in [1.807, 2.05) is 25.3 Å². The van der Waals surface area contributed by atoms with Gasteiger partial charge in [0, 0.05) is 18.9 Å². The molecule has 20 heavy (non-hydrogen) atoms. The highest BCUT2D eigenvalue weighted by Crippen LogP contribution is 2.18. The Hall–Kier alpha value is -0.840. The molecule has 0 bridgehead atoms. The summed E-state index contributed by atoms with van der Waals surface area (Å²) in [4.78, 5) is 16.2. The maximum atomic E-state index is 12.1. The number of rotatable bonds is 4. The Morgan fingerprint density at radius 1 is 1.45 bits per heavy atom. The van der Waals surface area contributed by atoms with Gasteiger partial charge in [-0.05, 0) is 50.8 Å². The molecule has 2 N–H and O–H groups in total. The Bertz CT molecular complexity index is 395. The van der Waals surface area contributed by atoms with Crippen LogP contribution in [0, 0.1) is 0 Å². The van der Waals surface area contributed by atoms with Crippen LogP contribution in [-0.4, -0.2) is 29.5 Å². The fourth-order valence-corrected chi connectivity index (χ4v) is 2.31. The van der Waals surface area contributed by atoms with Crippen molar-refractivity contribution in [2.75, 3.05) is 13.1 Å². The molecule has 0 spiro atoms. The van der Waals surface area contributed by atoms with Crippen molar-refractivity contribution >= 4 is 30.7 Å². The maximum absolute atomic E-state index is 12.1. The summed E-state index contributed by atoms with van der Waals surface area (Å²) in [5.74, 6) is 0.117. The number of piperidine rings is 1. The van der Waals surface area contributed by atoms with Gasteiger partial charge in [0.15, 0.2) is 0 Å².